The summed E-state index contributed by atoms with van der Waals surface area (Å²) in [5, 5.41) is 0. The highest BCUT2D eigenvalue weighted by Crippen LogP contribution is 2.48. The number of carbonyl (C=O) groups is 2. The molecule has 4 heteroatoms. The quantitative estimate of drug-likeness (QED) is 0.818. The normalized spacial score (nSPS) is 25.4. The fraction of sp³-hybridized carbons (Fsp3) is 0.500. The predicted octanol–water partition coefficient (Wildman–Crippen LogP) is 1.48. The van der Waals surface area contributed by atoms with Gasteiger partial charge in [0, 0.05) is 39.0 Å². The molecule has 1 aliphatic carbocycles. The van der Waals surface area contributed by atoms with Crippen molar-refractivity contribution in [3.05, 3.63) is 35.9 Å². The molecule has 1 saturated heterocycles. The van der Waals surface area contributed by atoms with Crippen LogP contribution in [0.15, 0.2) is 30.3 Å². The van der Waals surface area contributed by atoms with E-state index in [0.717, 1.165) is 6.42 Å². The van der Waals surface area contributed by atoms with Crippen LogP contribution in [0, 0.1) is 5.92 Å². The first-order chi connectivity index (χ1) is 9.66. The molecule has 2 atom stereocenters. The Labute approximate surface area is 119 Å². The van der Waals surface area contributed by atoms with Crippen LogP contribution in [0.5, 0.6) is 0 Å². The van der Waals surface area contributed by atoms with Gasteiger partial charge in [0.15, 0.2) is 0 Å². The van der Waals surface area contributed by atoms with Crippen LogP contribution in [0.1, 0.15) is 24.8 Å². The number of hydrogen-bond acceptors (Lipinski definition) is 2. The van der Waals surface area contributed by atoms with E-state index in [4.69, 9.17) is 0 Å². The number of rotatable bonds is 2. The van der Waals surface area contributed by atoms with E-state index in [-0.39, 0.29) is 17.7 Å². The van der Waals surface area contributed by atoms with Crippen molar-refractivity contribution in [3.63, 3.8) is 0 Å². The summed E-state index contributed by atoms with van der Waals surface area (Å²) in [4.78, 5) is 27.5. The SMILES string of the molecule is CC(=O)N1CCN(C(=O)[C@@H]2C[C@@H]2c2ccccc2)CC1. The summed E-state index contributed by atoms with van der Waals surface area (Å²) in [7, 11) is 0. The van der Waals surface area contributed by atoms with Crippen molar-refractivity contribution < 1.29 is 9.59 Å². The second kappa shape index (κ2) is 5.27. The Balaban J connectivity index is 1.56. The van der Waals surface area contributed by atoms with E-state index in [9.17, 15) is 9.59 Å². The molecule has 1 heterocycles. The zero-order valence-electron chi connectivity index (χ0n) is 11.8. The Morgan fingerprint density at radius 2 is 1.60 bits per heavy atom. The predicted molar refractivity (Wildman–Crippen MR) is 76.1 cm³/mol. The van der Waals surface area contributed by atoms with Gasteiger partial charge >= 0.3 is 0 Å². The largest absolute Gasteiger partial charge is 0.339 e. The maximum absolute atomic E-state index is 12.4. The topological polar surface area (TPSA) is 40.6 Å². The van der Waals surface area contributed by atoms with Crippen molar-refractivity contribution in [2.45, 2.75) is 19.3 Å². The lowest BCUT2D eigenvalue weighted by Crippen LogP contribution is -2.50. The summed E-state index contributed by atoms with van der Waals surface area (Å²) in [6.45, 7) is 4.28. The first-order valence-corrected chi connectivity index (χ1v) is 7.26. The number of nitrogens with zero attached hydrogens (tertiary/aromatic N) is 2. The third-order valence-electron chi connectivity index (χ3n) is 4.37. The molecule has 4 nitrogen and oxygen atoms in total. The van der Waals surface area contributed by atoms with Gasteiger partial charge in [0.25, 0.3) is 0 Å². The van der Waals surface area contributed by atoms with Crippen molar-refractivity contribution in [2.75, 3.05) is 26.2 Å². The minimum Gasteiger partial charge on any atom is -0.339 e. The van der Waals surface area contributed by atoms with Gasteiger partial charge in [-0.3, -0.25) is 9.59 Å². The standard InChI is InChI=1S/C16H20N2O2/c1-12(19)17-7-9-18(10-8-17)16(20)15-11-14(15)13-5-3-2-4-6-13/h2-6,14-15H,7-11H2,1H3/t14-,15-/m1/s1. The fourth-order valence-corrected chi connectivity index (χ4v) is 3.01. The van der Waals surface area contributed by atoms with Crippen LogP contribution >= 0.6 is 0 Å². The first kappa shape index (κ1) is 13.2. The number of hydrogen-bond donors (Lipinski definition) is 0. The molecule has 20 heavy (non-hydrogen) atoms. The summed E-state index contributed by atoms with van der Waals surface area (Å²) >= 11 is 0. The summed E-state index contributed by atoms with van der Waals surface area (Å²) in [6.07, 6.45) is 0.968. The number of benzene rings is 1. The Morgan fingerprint density at radius 1 is 1.00 bits per heavy atom. The van der Waals surface area contributed by atoms with E-state index in [0.29, 0.717) is 32.1 Å². The van der Waals surface area contributed by atoms with Crippen molar-refractivity contribution in [1.82, 2.24) is 9.80 Å². The van der Waals surface area contributed by atoms with E-state index in [2.05, 4.69) is 12.1 Å². The molecule has 106 valence electrons. The van der Waals surface area contributed by atoms with E-state index in [1.165, 1.54) is 5.56 Å². The zero-order chi connectivity index (χ0) is 14.1. The average molecular weight is 272 g/mol. The monoisotopic (exact) mass is 272 g/mol. The molecule has 1 aromatic carbocycles. The molecule has 2 fully saturated rings. The lowest BCUT2D eigenvalue weighted by atomic mass is 10.1. The van der Waals surface area contributed by atoms with Gasteiger partial charge in [-0.05, 0) is 17.9 Å². The Kier molecular flexibility index (Phi) is 3.47. The summed E-state index contributed by atoms with van der Waals surface area (Å²) < 4.78 is 0. The molecule has 1 aliphatic heterocycles. The van der Waals surface area contributed by atoms with Crippen molar-refractivity contribution in [2.24, 2.45) is 5.92 Å². The minimum atomic E-state index is 0.102. The van der Waals surface area contributed by atoms with E-state index in [1.54, 1.807) is 6.92 Å². The minimum absolute atomic E-state index is 0.102. The molecule has 0 bridgehead atoms. The molecule has 1 saturated carbocycles. The van der Waals surface area contributed by atoms with Crippen LogP contribution in [-0.4, -0.2) is 47.8 Å². The summed E-state index contributed by atoms with van der Waals surface area (Å²) in [5.74, 6) is 0.920. The molecule has 2 amide bonds. The highest BCUT2D eigenvalue weighted by molar-refractivity contribution is 5.83. The Hall–Kier alpha value is -1.84. The average Bonchev–Trinajstić information content (AvgIpc) is 3.28. The van der Waals surface area contributed by atoms with Gasteiger partial charge in [0.2, 0.25) is 11.8 Å². The van der Waals surface area contributed by atoms with Gasteiger partial charge in [0.05, 0.1) is 0 Å². The van der Waals surface area contributed by atoms with Crippen LogP contribution in [0.25, 0.3) is 0 Å². The maximum atomic E-state index is 12.4. The number of amides is 2. The van der Waals surface area contributed by atoms with E-state index in [1.807, 2.05) is 28.0 Å². The van der Waals surface area contributed by atoms with Crippen LogP contribution in [0.2, 0.25) is 0 Å². The smallest absolute Gasteiger partial charge is 0.226 e. The van der Waals surface area contributed by atoms with Crippen molar-refractivity contribution in [1.29, 1.82) is 0 Å². The van der Waals surface area contributed by atoms with Gasteiger partial charge in [-0.2, -0.15) is 0 Å². The first-order valence-electron chi connectivity index (χ1n) is 7.26. The Bertz CT molecular complexity index is 506. The van der Waals surface area contributed by atoms with Gasteiger partial charge in [0.1, 0.15) is 0 Å². The molecule has 0 spiro atoms. The van der Waals surface area contributed by atoms with Crippen LogP contribution in [-0.2, 0) is 9.59 Å². The third kappa shape index (κ3) is 2.55. The van der Waals surface area contributed by atoms with E-state index < -0.39 is 0 Å². The second-order valence-electron chi connectivity index (χ2n) is 5.69. The van der Waals surface area contributed by atoms with Crippen molar-refractivity contribution >= 4 is 11.8 Å². The van der Waals surface area contributed by atoms with Crippen LogP contribution in [0.4, 0.5) is 0 Å². The van der Waals surface area contributed by atoms with E-state index >= 15 is 0 Å². The molecule has 0 unspecified atom stereocenters. The van der Waals surface area contributed by atoms with Gasteiger partial charge < -0.3 is 9.80 Å². The molecule has 1 aromatic rings. The summed E-state index contributed by atoms with van der Waals surface area (Å²) in [5.41, 5.74) is 1.27. The molecule has 0 radical (unpaired) electrons. The lowest BCUT2D eigenvalue weighted by molar-refractivity contribution is -0.139. The van der Waals surface area contributed by atoms with Gasteiger partial charge in [-0.1, -0.05) is 30.3 Å². The van der Waals surface area contributed by atoms with Crippen LogP contribution < -0.4 is 0 Å². The molecule has 2 aliphatic rings. The lowest BCUT2D eigenvalue weighted by Gasteiger charge is -2.34. The Morgan fingerprint density at radius 3 is 2.20 bits per heavy atom. The third-order valence-corrected chi connectivity index (χ3v) is 4.37. The van der Waals surface area contributed by atoms with Gasteiger partial charge in [-0.15, -0.1) is 0 Å². The second-order valence-corrected chi connectivity index (χ2v) is 5.69. The zero-order valence-corrected chi connectivity index (χ0v) is 11.8. The molecule has 0 N–H and O–H groups in total. The molecular weight excluding hydrogens is 252 g/mol. The highest BCUT2D eigenvalue weighted by Gasteiger charge is 2.45. The van der Waals surface area contributed by atoms with Crippen molar-refractivity contribution in [3.8, 4) is 0 Å². The maximum Gasteiger partial charge on any atom is 0.226 e. The fourth-order valence-electron chi connectivity index (χ4n) is 3.01. The highest BCUT2D eigenvalue weighted by atomic mass is 16.2. The van der Waals surface area contributed by atoms with Gasteiger partial charge in [-0.25, -0.2) is 0 Å². The molecular formula is C16H20N2O2. The number of piperazine rings is 1. The number of carbonyl (C=O) groups excluding carboxylic acids is 2. The molecule has 3 rings (SSSR count). The van der Waals surface area contributed by atoms with Crippen LogP contribution in [0.3, 0.4) is 0 Å². The molecule has 0 aromatic heterocycles. The summed E-state index contributed by atoms with van der Waals surface area (Å²) in [6, 6.07) is 10.3.